The van der Waals surface area contributed by atoms with E-state index in [2.05, 4.69) is 52.2 Å². The van der Waals surface area contributed by atoms with Crippen molar-refractivity contribution in [1.29, 1.82) is 0 Å². The lowest BCUT2D eigenvalue weighted by atomic mass is 9.86. The number of methoxy groups -OCH3 is 1. The molecule has 0 saturated heterocycles. The molecule has 47 heavy (non-hydrogen) atoms. The lowest BCUT2D eigenvalue weighted by Gasteiger charge is -2.23. The van der Waals surface area contributed by atoms with Crippen LogP contribution < -0.4 is 10.6 Å². The first kappa shape index (κ1) is 40.9. The van der Waals surface area contributed by atoms with E-state index in [1.54, 1.807) is 41.5 Å². The van der Waals surface area contributed by atoms with E-state index < -0.39 is 47.4 Å². The van der Waals surface area contributed by atoms with Crippen molar-refractivity contribution >= 4 is 24.1 Å². The molecule has 2 rings (SSSR count). The summed E-state index contributed by atoms with van der Waals surface area (Å²) < 4.78 is 15.1. The highest BCUT2D eigenvalue weighted by Gasteiger charge is 2.26. The number of carbonyl (C=O) groups excluding carboxylic acids is 3. The van der Waals surface area contributed by atoms with Crippen molar-refractivity contribution < 1.29 is 38.5 Å². The number of carboxylic acids is 1. The zero-order chi connectivity index (χ0) is 36.4. The first-order chi connectivity index (χ1) is 21.3. The molecule has 2 amide bonds. The van der Waals surface area contributed by atoms with Crippen LogP contribution in [0.1, 0.15) is 105 Å². The van der Waals surface area contributed by atoms with Crippen molar-refractivity contribution in [2.45, 2.75) is 130 Å². The minimum Gasteiger partial charge on any atom is -0.480 e. The first-order valence-corrected chi connectivity index (χ1v) is 15.8. The van der Waals surface area contributed by atoms with E-state index in [0.717, 1.165) is 11.1 Å². The molecule has 0 aliphatic heterocycles. The van der Waals surface area contributed by atoms with E-state index in [1.807, 2.05) is 48.5 Å². The van der Waals surface area contributed by atoms with Crippen LogP contribution in [0, 0.1) is 0 Å². The van der Waals surface area contributed by atoms with Gasteiger partial charge in [-0.25, -0.2) is 19.2 Å². The minimum absolute atomic E-state index is 0.0412. The Morgan fingerprint density at radius 3 is 1.19 bits per heavy atom. The Hall–Kier alpha value is -4.08. The Bertz CT molecular complexity index is 1320. The van der Waals surface area contributed by atoms with Gasteiger partial charge in [-0.1, -0.05) is 90.1 Å². The summed E-state index contributed by atoms with van der Waals surface area (Å²) in [7, 11) is 1.30. The average Bonchev–Trinajstić information content (AvgIpc) is 2.89. The van der Waals surface area contributed by atoms with Crippen molar-refractivity contribution in [2.75, 3.05) is 7.11 Å². The van der Waals surface area contributed by atoms with Crippen molar-refractivity contribution in [1.82, 2.24) is 10.6 Å². The van der Waals surface area contributed by atoms with E-state index >= 15 is 0 Å². The molecule has 0 aromatic heterocycles. The Labute approximate surface area is 280 Å². The van der Waals surface area contributed by atoms with Crippen LogP contribution in [-0.2, 0) is 47.5 Å². The number of esters is 1. The van der Waals surface area contributed by atoms with Gasteiger partial charge in [0.05, 0.1) is 7.11 Å². The normalized spacial score (nSPS) is 13.2. The van der Waals surface area contributed by atoms with Crippen LogP contribution in [0.3, 0.4) is 0 Å². The van der Waals surface area contributed by atoms with Crippen LogP contribution >= 0.6 is 0 Å². The second kappa shape index (κ2) is 16.7. The average molecular weight is 657 g/mol. The third-order valence-electron chi connectivity index (χ3n) is 6.69. The number of hydrogen-bond donors (Lipinski definition) is 3. The highest BCUT2D eigenvalue weighted by molar-refractivity contribution is 5.82. The number of ether oxygens (including phenoxy) is 3. The summed E-state index contributed by atoms with van der Waals surface area (Å²) in [6.07, 6.45) is -0.810. The minimum atomic E-state index is -1.09. The van der Waals surface area contributed by atoms with Crippen LogP contribution in [0.25, 0.3) is 0 Å². The molecule has 3 N–H and O–H groups in total. The molecule has 2 aromatic carbocycles. The number of nitrogens with one attached hydrogen (secondary N) is 2. The topological polar surface area (TPSA) is 140 Å². The predicted octanol–water partition coefficient (Wildman–Crippen LogP) is 7.10. The van der Waals surface area contributed by atoms with Crippen LogP contribution in [0.15, 0.2) is 48.5 Å². The molecule has 0 fully saturated rings. The molecule has 2 aromatic rings. The molecule has 0 aliphatic carbocycles. The van der Waals surface area contributed by atoms with Gasteiger partial charge in [0.1, 0.15) is 23.3 Å². The maximum atomic E-state index is 12.0. The van der Waals surface area contributed by atoms with Crippen molar-refractivity contribution in [3.05, 3.63) is 70.8 Å². The third-order valence-corrected chi connectivity index (χ3v) is 6.69. The van der Waals surface area contributed by atoms with Crippen LogP contribution in [0.4, 0.5) is 9.59 Å². The van der Waals surface area contributed by atoms with Crippen LogP contribution in [-0.4, -0.2) is 59.6 Å². The van der Waals surface area contributed by atoms with Crippen LogP contribution in [0.2, 0.25) is 0 Å². The Balaban J connectivity index is 0.000000470. The first-order valence-electron chi connectivity index (χ1n) is 15.8. The van der Waals surface area contributed by atoms with Gasteiger partial charge in [-0.3, -0.25) is 0 Å². The van der Waals surface area contributed by atoms with E-state index in [9.17, 15) is 24.3 Å². The monoisotopic (exact) mass is 656 g/mol. The Morgan fingerprint density at radius 1 is 0.596 bits per heavy atom. The molecule has 262 valence electrons. The van der Waals surface area contributed by atoms with Crippen LogP contribution in [0.5, 0.6) is 0 Å². The molecule has 0 saturated carbocycles. The zero-order valence-corrected chi connectivity index (χ0v) is 30.5. The number of rotatable bonds is 8. The Kier molecular flexibility index (Phi) is 14.5. The molecule has 0 bridgehead atoms. The molecule has 0 heterocycles. The summed E-state index contributed by atoms with van der Waals surface area (Å²) in [5.74, 6) is -1.59. The van der Waals surface area contributed by atoms with E-state index in [4.69, 9.17) is 14.2 Å². The van der Waals surface area contributed by atoms with Gasteiger partial charge in [0.25, 0.3) is 0 Å². The molecule has 2 atom stereocenters. The quantitative estimate of drug-likeness (QED) is 0.202. The van der Waals surface area contributed by atoms with E-state index in [0.29, 0.717) is 6.42 Å². The molecule has 0 spiro atoms. The second-order valence-corrected chi connectivity index (χ2v) is 15.6. The smallest absolute Gasteiger partial charge is 0.408 e. The summed E-state index contributed by atoms with van der Waals surface area (Å²) in [4.78, 5) is 47.0. The summed E-state index contributed by atoms with van der Waals surface area (Å²) in [6.45, 7) is 23.3. The molecule has 0 aliphatic rings. The van der Waals surface area contributed by atoms with Gasteiger partial charge in [0.2, 0.25) is 0 Å². The van der Waals surface area contributed by atoms with Gasteiger partial charge < -0.3 is 30.0 Å². The maximum Gasteiger partial charge on any atom is 0.408 e. The van der Waals surface area contributed by atoms with Gasteiger partial charge in [-0.15, -0.1) is 0 Å². The fourth-order valence-electron chi connectivity index (χ4n) is 4.19. The SMILES string of the molecule is CC(C)(C)OC(=O)N[C@@H](Cc1ccc(C(C)(C)C)cc1)C(=O)O.COC(=O)[C@H](Cc1ccc(C(C)(C)C)cc1)NC(=O)OC(C)(C)C. The molecular weight excluding hydrogens is 600 g/mol. The summed E-state index contributed by atoms with van der Waals surface area (Å²) in [5, 5.41) is 14.3. The molecule has 10 heteroatoms. The van der Waals surface area contributed by atoms with Gasteiger partial charge in [-0.05, 0) is 74.6 Å². The highest BCUT2D eigenvalue weighted by atomic mass is 16.6. The number of alkyl carbamates (subject to hydrolysis) is 2. The largest absolute Gasteiger partial charge is 0.480 e. The molecule has 0 unspecified atom stereocenters. The van der Waals surface area contributed by atoms with Crippen molar-refractivity contribution in [3.63, 3.8) is 0 Å². The Morgan fingerprint density at radius 2 is 0.915 bits per heavy atom. The molecule has 0 radical (unpaired) electrons. The number of benzene rings is 2. The molecular formula is C37H56N2O8. The highest BCUT2D eigenvalue weighted by Crippen LogP contribution is 2.24. The predicted molar refractivity (Wildman–Crippen MR) is 184 cm³/mol. The second-order valence-electron chi connectivity index (χ2n) is 15.6. The van der Waals surface area contributed by atoms with Gasteiger partial charge in [0, 0.05) is 12.8 Å². The fraction of sp³-hybridized carbons (Fsp3) is 0.568. The molecule has 10 nitrogen and oxygen atoms in total. The number of amides is 2. The lowest BCUT2D eigenvalue weighted by molar-refractivity contribution is -0.143. The van der Waals surface area contributed by atoms with Crippen molar-refractivity contribution in [3.8, 4) is 0 Å². The maximum absolute atomic E-state index is 12.0. The lowest BCUT2D eigenvalue weighted by Crippen LogP contribution is -2.45. The summed E-state index contributed by atoms with van der Waals surface area (Å²) >= 11 is 0. The van der Waals surface area contributed by atoms with Crippen molar-refractivity contribution in [2.24, 2.45) is 0 Å². The van der Waals surface area contributed by atoms with E-state index in [-0.39, 0.29) is 17.3 Å². The van der Waals surface area contributed by atoms with Gasteiger partial charge in [0.15, 0.2) is 0 Å². The fourth-order valence-corrected chi connectivity index (χ4v) is 4.19. The summed E-state index contributed by atoms with van der Waals surface area (Å²) in [6, 6.07) is 14.0. The van der Waals surface area contributed by atoms with Gasteiger partial charge in [-0.2, -0.15) is 0 Å². The van der Waals surface area contributed by atoms with E-state index in [1.165, 1.54) is 18.2 Å². The van der Waals surface area contributed by atoms with Gasteiger partial charge >= 0.3 is 24.1 Å². The number of carbonyl (C=O) groups is 4. The number of hydrogen-bond acceptors (Lipinski definition) is 7. The zero-order valence-electron chi connectivity index (χ0n) is 30.5. The third kappa shape index (κ3) is 16.4. The number of carboxylic acid groups (broad SMARTS) is 1. The standard InChI is InChI=1S/C19H29NO4.C18H27NO4/c1-18(2,3)14-10-8-13(9-11-14)12-15(16(21)23-7)20-17(22)24-19(4,5)6;1-17(2,3)13-9-7-12(8-10-13)11-14(15(20)21)19-16(22)23-18(4,5)6/h8-11,15H,12H2,1-7H3,(H,20,22);7-10,14H,11H2,1-6H3,(H,19,22)(H,20,21)/t15-;14-/m00/s1. The summed E-state index contributed by atoms with van der Waals surface area (Å²) in [5.41, 5.74) is 2.99. The number of aliphatic carboxylic acids is 1.